The van der Waals surface area contributed by atoms with Gasteiger partial charge in [0.25, 0.3) is 0 Å². The molecule has 7 heteroatoms. The third-order valence-electron chi connectivity index (χ3n) is 5.04. The molecule has 0 aliphatic heterocycles. The van der Waals surface area contributed by atoms with Gasteiger partial charge in [-0.15, -0.1) is 0 Å². The zero-order chi connectivity index (χ0) is 19.2. The molecule has 0 spiro atoms. The van der Waals surface area contributed by atoms with Gasteiger partial charge in [0.15, 0.2) is 5.65 Å². The second kappa shape index (κ2) is 6.13. The van der Waals surface area contributed by atoms with E-state index in [9.17, 15) is 0 Å². The molecule has 0 amide bonds. The first-order valence-electron chi connectivity index (χ1n) is 9.12. The Bertz CT molecular complexity index is 1450. The first-order chi connectivity index (χ1) is 14.4. The standard InChI is InChI=1S/C22H14N6O/c1-2-13(10-23-5-1)15-8-18-20(27-28-22(18)25-11-15)19-9-17-16(14-4-7-29-12-14)3-6-24-21(17)26-19/h1-12H,(H,24,26)(H,25,27,28). The number of fused-ring (bicyclic) bond motifs is 2. The van der Waals surface area contributed by atoms with Gasteiger partial charge in [-0.1, -0.05) is 6.07 Å². The predicted octanol–water partition coefficient (Wildman–Crippen LogP) is 4.82. The minimum atomic E-state index is 0.661. The summed E-state index contributed by atoms with van der Waals surface area (Å²) in [6, 6.07) is 12.0. The zero-order valence-electron chi connectivity index (χ0n) is 15.1. The van der Waals surface area contributed by atoms with E-state index in [1.807, 2.05) is 36.7 Å². The van der Waals surface area contributed by atoms with Crippen molar-refractivity contribution in [1.82, 2.24) is 30.1 Å². The Labute approximate surface area is 164 Å². The van der Waals surface area contributed by atoms with Crippen LogP contribution in [-0.2, 0) is 0 Å². The van der Waals surface area contributed by atoms with Gasteiger partial charge < -0.3 is 9.40 Å². The fourth-order valence-electron chi connectivity index (χ4n) is 3.63. The van der Waals surface area contributed by atoms with Gasteiger partial charge in [-0.05, 0) is 35.9 Å². The molecule has 0 saturated carbocycles. The number of aromatic nitrogens is 6. The molecule has 6 aromatic heterocycles. The average molecular weight is 378 g/mol. The first-order valence-corrected chi connectivity index (χ1v) is 9.12. The van der Waals surface area contributed by atoms with Gasteiger partial charge in [0.1, 0.15) is 5.65 Å². The predicted molar refractivity (Wildman–Crippen MR) is 110 cm³/mol. The van der Waals surface area contributed by atoms with Crippen LogP contribution in [0.3, 0.4) is 0 Å². The van der Waals surface area contributed by atoms with Crippen molar-refractivity contribution in [1.29, 1.82) is 0 Å². The molecule has 6 rings (SSSR count). The van der Waals surface area contributed by atoms with Gasteiger partial charge in [-0.25, -0.2) is 9.97 Å². The van der Waals surface area contributed by atoms with Gasteiger partial charge >= 0.3 is 0 Å². The highest BCUT2D eigenvalue weighted by molar-refractivity contribution is 5.99. The van der Waals surface area contributed by atoms with E-state index < -0.39 is 0 Å². The maximum Gasteiger partial charge on any atom is 0.181 e. The van der Waals surface area contributed by atoms with Crippen LogP contribution in [0.4, 0.5) is 0 Å². The minimum absolute atomic E-state index is 0.661. The van der Waals surface area contributed by atoms with Crippen LogP contribution in [0.5, 0.6) is 0 Å². The summed E-state index contributed by atoms with van der Waals surface area (Å²) in [5, 5.41) is 9.43. The van der Waals surface area contributed by atoms with Crippen LogP contribution in [0.25, 0.3) is 55.7 Å². The number of furan rings is 1. The molecule has 0 fully saturated rings. The number of hydrogen-bond donors (Lipinski definition) is 2. The molecule has 0 aliphatic carbocycles. The van der Waals surface area contributed by atoms with Crippen LogP contribution in [0.1, 0.15) is 0 Å². The second-order valence-electron chi connectivity index (χ2n) is 6.75. The summed E-state index contributed by atoms with van der Waals surface area (Å²) in [4.78, 5) is 16.6. The lowest BCUT2D eigenvalue weighted by Crippen LogP contribution is -1.83. The van der Waals surface area contributed by atoms with Crippen LogP contribution < -0.4 is 0 Å². The van der Waals surface area contributed by atoms with Crippen molar-refractivity contribution in [2.45, 2.75) is 0 Å². The van der Waals surface area contributed by atoms with Crippen LogP contribution in [0.2, 0.25) is 0 Å². The quantitative estimate of drug-likeness (QED) is 0.460. The van der Waals surface area contributed by atoms with Crippen molar-refractivity contribution >= 4 is 22.1 Å². The summed E-state index contributed by atoms with van der Waals surface area (Å²) in [5.74, 6) is 0. The van der Waals surface area contributed by atoms with Crippen molar-refractivity contribution in [3.05, 3.63) is 73.7 Å². The van der Waals surface area contributed by atoms with Crippen LogP contribution >= 0.6 is 0 Å². The summed E-state index contributed by atoms with van der Waals surface area (Å²) in [7, 11) is 0. The lowest BCUT2D eigenvalue weighted by Gasteiger charge is -2.01. The Hall–Kier alpha value is -4.26. The van der Waals surface area contributed by atoms with Crippen molar-refractivity contribution < 1.29 is 4.42 Å². The number of H-pyrrole nitrogens is 2. The number of hydrogen-bond acceptors (Lipinski definition) is 5. The molecule has 0 saturated heterocycles. The molecule has 0 aromatic carbocycles. The monoisotopic (exact) mass is 378 g/mol. The Morgan fingerprint density at radius 2 is 1.86 bits per heavy atom. The SMILES string of the molecule is c1cncc(-c2cnc3n[nH]c(-c4cc5c(-c6ccoc6)ccnc5[nH]4)c3c2)c1. The summed E-state index contributed by atoms with van der Waals surface area (Å²) in [6.07, 6.45) is 10.6. The Kier molecular flexibility index (Phi) is 3.33. The summed E-state index contributed by atoms with van der Waals surface area (Å²) >= 11 is 0. The highest BCUT2D eigenvalue weighted by atomic mass is 16.3. The van der Waals surface area contributed by atoms with Gasteiger partial charge in [0.05, 0.1) is 23.9 Å². The topological polar surface area (TPSA) is 96.3 Å². The van der Waals surface area contributed by atoms with Gasteiger partial charge in [0.2, 0.25) is 0 Å². The molecule has 0 atom stereocenters. The van der Waals surface area contributed by atoms with E-state index in [4.69, 9.17) is 4.42 Å². The largest absolute Gasteiger partial charge is 0.472 e. The summed E-state index contributed by atoms with van der Waals surface area (Å²) in [5.41, 5.74) is 7.30. The number of pyridine rings is 3. The van der Waals surface area contributed by atoms with E-state index in [1.165, 1.54) is 0 Å². The van der Waals surface area contributed by atoms with Crippen LogP contribution in [0, 0.1) is 0 Å². The van der Waals surface area contributed by atoms with E-state index in [0.717, 1.165) is 50.1 Å². The third kappa shape index (κ3) is 2.52. The Balaban J connectivity index is 1.53. The lowest BCUT2D eigenvalue weighted by atomic mass is 10.1. The molecule has 2 N–H and O–H groups in total. The molecular formula is C22H14N6O. The molecular weight excluding hydrogens is 364 g/mol. The van der Waals surface area contributed by atoms with Crippen molar-refractivity contribution in [3.8, 4) is 33.6 Å². The van der Waals surface area contributed by atoms with E-state index in [1.54, 1.807) is 24.9 Å². The third-order valence-corrected chi connectivity index (χ3v) is 5.04. The van der Waals surface area contributed by atoms with Crippen LogP contribution in [0.15, 0.2) is 78.1 Å². The van der Waals surface area contributed by atoms with E-state index in [2.05, 4.69) is 42.3 Å². The van der Waals surface area contributed by atoms with Crippen molar-refractivity contribution in [2.75, 3.05) is 0 Å². The molecule has 7 nitrogen and oxygen atoms in total. The minimum Gasteiger partial charge on any atom is -0.472 e. The van der Waals surface area contributed by atoms with Crippen LogP contribution in [-0.4, -0.2) is 30.1 Å². The summed E-state index contributed by atoms with van der Waals surface area (Å²) in [6.45, 7) is 0. The molecule has 0 aliphatic rings. The fraction of sp³-hybridized carbons (Fsp3) is 0. The number of rotatable bonds is 3. The second-order valence-corrected chi connectivity index (χ2v) is 6.75. The Morgan fingerprint density at radius 1 is 0.862 bits per heavy atom. The summed E-state index contributed by atoms with van der Waals surface area (Å²) < 4.78 is 5.25. The van der Waals surface area contributed by atoms with Gasteiger partial charge in [-0.2, -0.15) is 5.10 Å². The molecule has 0 bridgehead atoms. The van der Waals surface area contributed by atoms with E-state index >= 15 is 0 Å². The molecule has 0 unspecified atom stereocenters. The fourth-order valence-corrected chi connectivity index (χ4v) is 3.63. The van der Waals surface area contributed by atoms with E-state index in [-0.39, 0.29) is 0 Å². The average Bonchev–Trinajstić information content (AvgIpc) is 3.52. The normalized spacial score (nSPS) is 11.4. The molecule has 138 valence electrons. The molecule has 6 heterocycles. The molecule has 6 aromatic rings. The zero-order valence-corrected chi connectivity index (χ0v) is 15.1. The Morgan fingerprint density at radius 3 is 2.72 bits per heavy atom. The smallest absolute Gasteiger partial charge is 0.181 e. The molecule has 29 heavy (non-hydrogen) atoms. The van der Waals surface area contributed by atoms with Crippen molar-refractivity contribution in [2.24, 2.45) is 0 Å². The lowest BCUT2D eigenvalue weighted by molar-refractivity contribution is 0.568. The van der Waals surface area contributed by atoms with Gasteiger partial charge in [0, 0.05) is 52.3 Å². The number of aromatic amines is 2. The first kappa shape index (κ1) is 15.8. The number of nitrogens with zero attached hydrogens (tertiary/aromatic N) is 4. The highest BCUT2D eigenvalue weighted by Gasteiger charge is 2.15. The number of nitrogens with one attached hydrogen (secondary N) is 2. The van der Waals surface area contributed by atoms with E-state index in [0.29, 0.717) is 5.65 Å². The maximum absolute atomic E-state index is 5.25. The maximum atomic E-state index is 5.25. The highest BCUT2D eigenvalue weighted by Crippen LogP contribution is 2.33. The molecule has 0 radical (unpaired) electrons. The van der Waals surface area contributed by atoms with Gasteiger partial charge in [-0.3, -0.25) is 10.1 Å². The van der Waals surface area contributed by atoms with Crippen molar-refractivity contribution in [3.63, 3.8) is 0 Å².